The molecule has 39 heteroatoms. The van der Waals surface area contributed by atoms with Crippen molar-refractivity contribution in [3.8, 4) is 11.8 Å². The third-order valence-electron chi connectivity index (χ3n) is 19.4. The van der Waals surface area contributed by atoms with Crippen molar-refractivity contribution in [1.82, 2.24) is 20.3 Å². The van der Waals surface area contributed by atoms with E-state index in [2.05, 4.69) is 10.6 Å². The molecule has 8 aliphatic heterocycles. The quantitative estimate of drug-likeness (QED) is 0.0727. The van der Waals surface area contributed by atoms with Crippen LogP contribution in [0.2, 0.25) is 0 Å². The third kappa shape index (κ3) is 35.8. The molecule has 0 aliphatic carbocycles. The first-order valence-corrected chi connectivity index (χ1v) is 40.5. The second kappa shape index (κ2) is 44.8. The van der Waals surface area contributed by atoms with Crippen molar-refractivity contribution in [3.05, 3.63) is 12.1 Å². The molecule has 9 heterocycles. The van der Waals surface area contributed by atoms with Crippen LogP contribution in [0.1, 0.15) is 124 Å². The van der Waals surface area contributed by atoms with Gasteiger partial charge in [0.25, 0.3) is 0 Å². The van der Waals surface area contributed by atoms with Gasteiger partial charge in [-0.05, 0) is 111 Å². The van der Waals surface area contributed by atoms with Crippen LogP contribution >= 0.6 is 0 Å². The van der Waals surface area contributed by atoms with Crippen molar-refractivity contribution < 1.29 is 167 Å². The van der Waals surface area contributed by atoms with E-state index in [1.54, 1.807) is 111 Å². The lowest BCUT2D eigenvalue weighted by atomic mass is 10.2. The van der Waals surface area contributed by atoms with Crippen LogP contribution in [0.3, 0.4) is 0 Å². The van der Waals surface area contributed by atoms with Crippen LogP contribution in [-0.4, -0.2) is 373 Å². The number of hydrogen-bond acceptors (Lipinski definition) is 35. The predicted molar refractivity (Wildman–Crippen MR) is 404 cm³/mol. The number of ether oxygens (including phenoxy) is 28. The van der Waals surface area contributed by atoms with Crippen LogP contribution in [0.25, 0.3) is 0 Å². The highest BCUT2D eigenvalue weighted by Crippen LogP contribution is 2.28. The Morgan fingerprint density at radius 3 is 0.709 bits per heavy atom. The molecule has 39 nitrogen and oxygen atoms in total. The van der Waals surface area contributed by atoms with Crippen molar-refractivity contribution in [2.24, 2.45) is 0 Å². The predicted octanol–water partition coefficient (Wildman–Crippen LogP) is 2.32. The minimum Gasteiger partial charge on any atom is -0.492 e. The van der Waals surface area contributed by atoms with Crippen molar-refractivity contribution >= 4 is 23.7 Å². The fourth-order valence-corrected chi connectivity index (χ4v) is 12.1. The highest BCUT2D eigenvalue weighted by Gasteiger charge is 2.39. The molecule has 0 aromatic carbocycles. The summed E-state index contributed by atoms with van der Waals surface area (Å²) in [6, 6.07) is 0.0385. The van der Waals surface area contributed by atoms with Gasteiger partial charge in [-0.25, -0.2) is 4.79 Å². The number of aromatic hydroxyl groups is 2. The monoisotopic (exact) mass is 1680 g/mol. The summed E-state index contributed by atoms with van der Waals surface area (Å²) in [5.74, 6) is -11.5. The van der Waals surface area contributed by atoms with E-state index >= 15 is 9.59 Å². The van der Waals surface area contributed by atoms with Gasteiger partial charge in [0, 0.05) is 18.6 Å². The van der Waals surface area contributed by atoms with Gasteiger partial charge in [0.05, 0.1) is 203 Å². The van der Waals surface area contributed by atoms with Crippen LogP contribution in [0.4, 0.5) is 0 Å². The Labute approximate surface area is 685 Å². The number of aromatic nitrogens is 1. The Hall–Kier alpha value is -4.36. The first-order valence-electron chi connectivity index (χ1n) is 40.5. The molecule has 8 fully saturated rings. The number of carbonyl (C=O) groups is 4. The summed E-state index contributed by atoms with van der Waals surface area (Å²) in [7, 11) is 0. The topological polar surface area (TPSA) is 409 Å². The van der Waals surface area contributed by atoms with Crippen LogP contribution in [0.15, 0.2) is 12.1 Å². The van der Waals surface area contributed by atoms with Crippen LogP contribution in [0.5, 0.6) is 11.8 Å². The van der Waals surface area contributed by atoms with E-state index in [0.29, 0.717) is 4.73 Å². The van der Waals surface area contributed by atoms with Crippen LogP contribution in [0, 0.1) is 0 Å². The van der Waals surface area contributed by atoms with E-state index in [4.69, 9.17) is 137 Å². The molecular weight excluding hydrogens is 1550 g/mol. The fourth-order valence-electron chi connectivity index (χ4n) is 12.1. The maximum Gasteiger partial charge on any atom is 0.333 e. The Morgan fingerprint density at radius 1 is 0.333 bits per heavy atom. The minimum atomic E-state index is -1.07. The van der Waals surface area contributed by atoms with E-state index in [9.17, 15) is 19.8 Å². The lowest BCUT2D eigenvalue weighted by molar-refractivity contribution is -0.288. The van der Waals surface area contributed by atoms with Crippen LogP contribution in [-0.2, 0) is 152 Å². The average molecular weight is 1690 g/mol. The van der Waals surface area contributed by atoms with E-state index in [-0.39, 0.29) is 185 Å². The average Bonchev–Trinajstić information content (AvgIpc) is 1.60. The van der Waals surface area contributed by atoms with Crippen molar-refractivity contribution in [3.63, 3.8) is 0 Å². The van der Waals surface area contributed by atoms with Gasteiger partial charge in [-0.15, -0.1) is 4.73 Å². The van der Waals surface area contributed by atoms with Crippen molar-refractivity contribution in [1.29, 1.82) is 0 Å². The van der Waals surface area contributed by atoms with E-state index in [0.717, 1.165) is 17.0 Å². The van der Waals surface area contributed by atoms with E-state index < -0.39 is 193 Å². The molecule has 4 N–H and O–H groups in total. The smallest absolute Gasteiger partial charge is 0.333 e. The highest BCUT2D eigenvalue weighted by atomic mass is 16.8. The lowest BCUT2D eigenvalue weighted by Crippen LogP contribution is -2.52. The largest absolute Gasteiger partial charge is 0.492 e. The fraction of sp³-hybridized carbons (Fsp3) is 0.897. The summed E-state index contributed by atoms with van der Waals surface area (Å²) in [6.45, 7) is 29.3. The number of carbonyl (C=O) groups excluding carboxylic acids is 4. The zero-order chi connectivity index (χ0) is 84.7. The van der Waals surface area contributed by atoms with Gasteiger partial charge in [-0.1, -0.05) is 0 Å². The molecule has 8 aliphatic rings. The van der Waals surface area contributed by atoms with Gasteiger partial charge in [0.15, 0.2) is 46.3 Å². The number of rotatable bonds is 46. The number of nitrogens with zero attached hydrogens (tertiary/aromatic N) is 2. The molecule has 1 aromatic heterocycles. The van der Waals surface area contributed by atoms with Crippen molar-refractivity contribution in [2.45, 2.75) is 255 Å². The van der Waals surface area contributed by atoms with Gasteiger partial charge < -0.3 is 163 Å². The first-order chi connectivity index (χ1) is 55.2. The third-order valence-corrected chi connectivity index (χ3v) is 19.4. The lowest BCUT2D eigenvalue weighted by Gasteiger charge is -2.36. The van der Waals surface area contributed by atoms with Gasteiger partial charge in [-0.2, -0.15) is 0 Å². The Balaban J connectivity index is 0.979. The van der Waals surface area contributed by atoms with Crippen LogP contribution < -0.4 is 15.5 Å². The Kier molecular flexibility index (Phi) is 36.9. The standard InChI is InChI=1S/C78H132N4O35/c1-71(2)101-35-57(36-102-71)93-27-53(28-94-58-37-103-72(3,4)104-38-58)89-23-51(24-90-54(29-95-59-39-105-73(5,6)106-40-59)30-96-60-41-107-74(7,8)108-42-60)79-65(83)21-81(67(85)19-20-70(88)117-82-68(86)17-18-69(82)87)22-66(84)80-52(25-91-55(31-97-61-43-109-75(9,10)110-44-61)32-98-62-45-111-76(11,12)112-46-62)26-92-56(33-99-63-47-113-77(13,14)114-48-63)34-100-64-49-115-78(15,16)116-50-64/h17-18,51-64,86-87H,19-50H2,1-16H3,(H,79,83)(H,80,84). The zero-order valence-corrected chi connectivity index (χ0v) is 71.1. The summed E-state index contributed by atoms with van der Waals surface area (Å²) in [5.41, 5.74) is 0. The number of amides is 3. The normalized spacial score (nSPS) is 23.2. The van der Waals surface area contributed by atoms with Gasteiger partial charge in [0.1, 0.15) is 86.3 Å². The molecular formula is C78H132N4O35. The molecule has 674 valence electrons. The molecule has 9 rings (SSSR count). The van der Waals surface area contributed by atoms with E-state index in [1.807, 2.05) is 0 Å². The maximum atomic E-state index is 15.2. The number of nitrogens with one attached hydrogen (secondary N) is 2. The zero-order valence-electron chi connectivity index (χ0n) is 71.1. The molecule has 0 atom stereocenters. The van der Waals surface area contributed by atoms with Gasteiger partial charge in [0.2, 0.25) is 29.5 Å². The molecule has 3 amide bonds. The summed E-state index contributed by atoms with van der Waals surface area (Å²) in [5, 5.41) is 26.6. The molecule has 0 bridgehead atoms. The maximum absolute atomic E-state index is 15.2. The molecule has 0 spiro atoms. The molecule has 8 saturated heterocycles. The number of hydrogen-bond donors (Lipinski definition) is 4. The first kappa shape index (κ1) is 96.5. The van der Waals surface area contributed by atoms with E-state index in [1.165, 1.54) is 0 Å². The highest BCUT2D eigenvalue weighted by molar-refractivity contribution is 5.90. The molecule has 0 saturated carbocycles. The molecule has 0 radical (unpaired) electrons. The molecule has 1 aromatic rings. The minimum absolute atomic E-state index is 0.0408. The molecule has 117 heavy (non-hydrogen) atoms. The van der Waals surface area contributed by atoms with Gasteiger partial charge in [-0.3, -0.25) is 14.4 Å². The summed E-state index contributed by atoms with van der Waals surface area (Å²) >= 11 is 0. The Bertz CT molecular complexity index is 2620. The SMILES string of the molecule is CC1(C)OCC(OCC(COC2COC(C)(C)OC2)OCC(COC(COC2COC(C)(C)OC2)COC2COC(C)(C)OC2)NC(=O)CN(CC(=O)NC(COC(COC2COC(C)(C)OC2)COC2COC(C)(C)OC2)COC(COC2COC(C)(C)OC2)COC2COC(C)(C)OC2)C(=O)CCC(=O)On2c(O)ccc2O)CO1. The van der Waals surface area contributed by atoms with Gasteiger partial charge >= 0.3 is 5.97 Å². The summed E-state index contributed by atoms with van der Waals surface area (Å²) in [4.78, 5) is 64.8. The second-order valence-corrected chi connectivity index (χ2v) is 33.7. The van der Waals surface area contributed by atoms with Crippen molar-refractivity contribution in [2.75, 3.05) is 198 Å². The summed E-state index contributed by atoms with van der Waals surface area (Å²) < 4.78 is 172. The molecule has 0 unspecified atom stereocenters. The second-order valence-electron chi connectivity index (χ2n) is 33.7. The Morgan fingerprint density at radius 2 is 0.521 bits per heavy atom. The summed E-state index contributed by atoms with van der Waals surface area (Å²) in [6.07, 6.45) is -8.54.